The van der Waals surface area contributed by atoms with Crippen LogP contribution in [0, 0.1) is 11.8 Å². The molecular weight excluding hydrogens is 166 g/mol. The Hall–Kier alpha value is -0.570. The summed E-state index contributed by atoms with van der Waals surface area (Å²) in [5, 5.41) is 0. The molecule has 3 fully saturated rings. The van der Waals surface area contributed by atoms with E-state index in [2.05, 4.69) is 6.92 Å². The summed E-state index contributed by atoms with van der Waals surface area (Å²) < 4.78 is 5.47. The third kappa shape index (κ3) is 1.03. The van der Waals surface area contributed by atoms with Crippen LogP contribution in [-0.4, -0.2) is 36.1 Å². The predicted octanol–water partition coefficient (Wildman–Crippen LogP) is 0.644. The van der Waals surface area contributed by atoms with E-state index in [1.807, 2.05) is 4.90 Å². The molecule has 3 heteroatoms. The number of likely N-dealkylation sites (tertiary alicyclic amines) is 1. The molecule has 3 rings (SSSR count). The Morgan fingerprint density at radius 2 is 2.15 bits per heavy atom. The highest BCUT2D eigenvalue weighted by Crippen LogP contribution is 2.43. The smallest absolute Gasteiger partial charge is 0.226 e. The maximum absolute atomic E-state index is 11.7. The number of ether oxygens (including phenoxy) is 1. The zero-order valence-electron chi connectivity index (χ0n) is 7.95. The van der Waals surface area contributed by atoms with Crippen molar-refractivity contribution in [2.45, 2.75) is 25.4 Å². The average Bonchev–Trinajstić information content (AvgIpc) is 2.60. The van der Waals surface area contributed by atoms with Crippen LogP contribution in [0.15, 0.2) is 0 Å². The zero-order chi connectivity index (χ0) is 9.05. The summed E-state index contributed by atoms with van der Waals surface area (Å²) in [5.74, 6) is 1.34. The van der Waals surface area contributed by atoms with E-state index < -0.39 is 0 Å². The van der Waals surface area contributed by atoms with Gasteiger partial charge in [-0.05, 0) is 12.3 Å². The third-order valence-corrected chi connectivity index (χ3v) is 3.66. The standard InChI is InChI=1S/C10H15NO2/c1-7-4-8(7)9(12)11-5-10(6-11)2-3-13-10/h7-8H,2-6H2,1H3/t7-,8-/m0/s1. The van der Waals surface area contributed by atoms with Gasteiger partial charge in [-0.1, -0.05) is 6.92 Å². The fourth-order valence-electron chi connectivity index (χ4n) is 2.35. The maximum atomic E-state index is 11.7. The number of carbonyl (C=O) groups excluding carboxylic acids is 1. The number of hydrogen-bond donors (Lipinski definition) is 0. The van der Waals surface area contributed by atoms with Crippen molar-refractivity contribution in [3.8, 4) is 0 Å². The minimum Gasteiger partial charge on any atom is -0.371 e. The van der Waals surface area contributed by atoms with Crippen molar-refractivity contribution in [3.05, 3.63) is 0 Å². The van der Waals surface area contributed by atoms with Crippen molar-refractivity contribution in [3.63, 3.8) is 0 Å². The van der Waals surface area contributed by atoms with Crippen LogP contribution < -0.4 is 0 Å². The summed E-state index contributed by atoms with van der Waals surface area (Å²) in [6.45, 7) is 4.75. The second kappa shape index (κ2) is 2.27. The van der Waals surface area contributed by atoms with Crippen LogP contribution in [-0.2, 0) is 9.53 Å². The Bertz CT molecular complexity index is 252. The molecule has 0 bridgehead atoms. The quantitative estimate of drug-likeness (QED) is 0.594. The van der Waals surface area contributed by atoms with Gasteiger partial charge in [0.25, 0.3) is 0 Å². The van der Waals surface area contributed by atoms with E-state index in [1.54, 1.807) is 0 Å². The average molecular weight is 181 g/mol. The maximum Gasteiger partial charge on any atom is 0.226 e. The third-order valence-electron chi connectivity index (χ3n) is 3.66. The molecule has 1 aliphatic carbocycles. The molecule has 72 valence electrons. The molecule has 0 aromatic carbocycles. The van der Waals surface area contributed by atoms with Gasteiger partial charge in [-0.15, -0.1) is 0 Å². The number of rotatable bonds is 1. The van der Waals surface area contributed by atoms with Crippen LogP contribution in [0.2, 0.25) is 0 Å². The van der Waals surface area contributed by atoms with Crippen LogP contribution >= 0.6 is 0 Å². The van der Waals surface area contributed by atoms with Gasteiger partial charge in [0, 0.05) is 12.3 Å². The van der Waals surface area contributed by atoms with Gasteiger partial charge in [0.05, 0.1) is 19.7 Å². The van der Waals surface area contributed by atoms with E-state index in [0.29, 0.717) is 17.7 Å². The van der Waals surface area contributed by atoms with Crippen LogP contribution in [0.1, 0.15) is 19.8 Å². The number of carbonyl (C=O) groups is 1. The molecule has 0 aromatic rings. The summed E-state index contributed by atoms with van der Waals surface area (Å²) in [7, 11) is 0. The van der Waals surface area contributed by atoms with Gasteiger partial charge in [-0.25, -0.2) is 0 Å². The molecule has 2 atom stereocenters. The van der Waals surface area contributed by atoms with Gasteiger partial charge in [-0.3, -0.25) is 4.79 Å². The fraction of sp³-hybridized carbons (Fsp3) is 0.900. The van der Waals surface area contributed by atoms with Gasteiger partial charge >= 0.3 is 0 Å². The molecule has 1 spiro atoms. The van der Waals surface area contributed by atoms with E-state index in [0.717, 1.165) is 32.5 Å². The molecular formula is C10H15NO2. The first kappa shape index (κ1) is 7.80. The van der Waals surface area contributed by atoms with E-state index >= 15 is 0 Å². The topological polar surface area (TPSA) is 29.5 Å². The van der Waals surface area contributed by atoms with Crippen molar-refractivity contribution in [2.24, 2.45) is 11.8 Å². The number of amides is 1. The van der Waals surface area contributed by atoms with Crippen molar-refractivity contribution in [1.82, 2.24) is 4.90 Å². The molecule has 1 saturated carbocycles. The van der Waals surface area contributed by atoms with E-state index in [4.69, 9.17) is 4.74 Å². The second-order valence-electron chi connectivity index (χ2n) is 4.80. The fourth-order valence-corrected chi connectivity index (χ4v) is 2.35. The van der Waals surface area contributed by atoms with E-state index in [9.17, 15) is 4.79 Å². The molecule has 3 nitrogen and oxygen atoms in total. The predicted molar refractivity (Wildman–Crippen MR) is 47.2 cm³/mol. The molecule has 2 heterocycles. The summed E-state index contributed by atoms with van der Waals surface area (Å²) in [6.07, 6.45) is 2.25. The monoisotopic (exact) mass is 181 g/mol. The SMILES string of the molecule is C[C@H]1C[C@@H]1C(=O)N1CC2(CCO2)C1. The first-order valence-electron chi connectivity index (χ1n) is 5.13. The molecule has 0 radical (unpaired) electrons. The summed E-state index contributed by atoms with van der Waals surface area (Å²) in [4.78, 5) is 13.7. The first-order valence-corrected chi connectivity index (χ1v) is 5.13. The molecule has 3 aliphatic rings. The van der Waals surface area contributed by atoms with Crippen molar-refractivity contribution >= 4 is 5.91 Å². The molecule has 1 amide bonds. The lowest BCUT2D eigenvalue weighted by atomic mass is 9.86. The summed E-state index contributed by atoms with van der Waals surface area (Å²) >= 11 is 0. The Balaban J connectivity index is 1.55. The van der Waals surface area contributed by atoms with Crippen LogP contribution in [0.4, 0.5) is 0 Å². The minimum absolute atomic E-state index is 0.105. The Kier molecular flexibility index (Phi) is 1.36. The zero-order valence-corrected chi connectivity index (χ0v) is 7.95. The molecule has 2 aliphatic heterocycles. The van der Waals surface area contributed by atoms with Crippen molar-refractivity contribution in [2.75, 3.05) is 19.7 Å². The summed E-state index contributed by atoms with van der Waals surface area (Å²) in [6, 6.07) is 0. The van der Waals surface area contributed by atoms with Gasteiger partial charge in [0.15, 0.2) is 0 Å². The Morgan fingerprint density at radius 3 is 2.54 bits per heavy atom. The normalized spacial score (nSPS) is 39.6. The van der Waals surface area contributed by atoms with Crippen molar-refractivity contribution in [1.29, 1.82) is 0 Å². The lowest BCUT2D eigenvalue weighted by Gasteiger charge is -2.55. The summed E-state index contributed by atoms with van der Waals surface area (Å²) in [5.41, 5.74) is 0.105. The Labute approximate surface area is 78.0 Å². The molecule has 0 unspecified atom stereocenters. The van der Waals surface area contributed by atoms with Crippen LogP contribution in [0.25, 0.3) is 0 Å². The molecule has 2 saturated heterocycles. The lowest BCUT2D eigenvalue weighted by Crippen LogP contribution is -2.69. The van der Waals surface area contributed by atoms with Crippen molar-refractivity contribution < 1.29 is 9.53 Å². The second-order valence-corrected chi connectivity index (χ2v) is 4.80. The highest BCUT2D eigenvalue weighted by molar-refractivity contribution is 5.82. The minimum atomic E-state index is 0.105. The highest BCUT2D eigenvalue weighted by Gasteiger charge is 2.53. The number of nitrogens with zero attached hydrogens (tertiary/aromatic N) is 1. The van der Waals surface area contributed by atoms with Crippen LogP contribution in [0.5, 0.6) is 0 Å². The lowest BCUT2D eigenvalue weighted by molar-refractivity contribution is -0.222. The molecule has 0 aromatic heterocycles. The van der Waals surface area contributed by atoms with Gasteiger partial charge in [0.2, 0.25) is 5.91 Å². The number of hydrogen-bond acceptors (Lipinski definition) is 2. The first-order chi connectivity index (χ1) is 6.20. The highest BCUT2D eigenvalue weighted by atomic mass is 16.5. The van der Waals surface area contributed by atoms with Gasteiger partial charge < -0.3 is 9.64 Å². The van der Waals surface area contributed by atoms with Gasteiger partial charge in [0.1, 0.15) is 5.60 Å². The van der Waals surface area contributed by atoms with E-state index in [1.165, 1.54) is 0 Å². The van der Waals surface area contributed by atoms with Crippen LogP contribution in [0.3, 0.4) is 0 Å². The molecule has 13 heavy (non-hydrogen) atoms. The van der Waals surface area contributed by atoms with E-state index in [-0.39, 0.29) is 5.60 Å². The molecule has 0 N–H and O–H groups in total. The Morgan fingerprint density at radius 1 is 1.54 bits per heavy atom. The van der Waals surface area contributed by atoms with Gasteiger partial charge in [-0.2, -0.15) is 0 Å². The largest absolute Gasteiger partial charge is 0.371 e.